The predicted octanol–water partition coefficient (Wildman–Crippen LogP) is 0.443. The molecule has 0 bridgehead atoms. The Hall–Kier alpha value is -3.60. The van der Waals surface area contributed by atoms with E-state index in [1.165, 1.54) is 24.3 Å². The van der Waals surface area contributed by atoms with E-state index in [0.717, 1.165) is 45.1 Å². The van der Waals surface area contributed by atoms with Crippen LogP contribution in [0.5, 0.6) is 0 Å². The molecular weight excluding hydrogens is 402 g/mol. The number of nitro benzene ring substituents is 1. The molecule has 1 aliphatic heterocycles. The van der Waals surface area contributed by atoms with Gasteiger partial charge in [-0.25, -0.2) is 9.97 Å². The number of nitrogens with one attached hydrogen (secondary N) is 2. The van der Waals surface area contributed by atoms with Gasteiger partial charge >= 0.3 is 0 Å². The maximum atomic E-state index is 12.1. The first-order valence-corrected chi connectivity index (χ1v) is 10.1. The fourth-order valence-corrected chi connectivity index (χ4v) is 3.24. The van der Waals surface area contributed by atoms with E-state index in [4.69, 9.17) is 0 Å². The summed E-state index contributed by atoms with van der Waals surface area (Å²) >= 11 is 0. The van der Waals surface area contributed by atoms with Gasteiger partial charge in [-0.15, -0.1) is 0 Å². The Labute approximate surface area is 179 Å². The van der Waals surface area contributed by atoms with Crippen molar-refractivity contribution in [3.63, 3.8) is 0 Å². The molecule has 0 unspecified atom stereocenters. The summed E-state index contributed by atoms with van der Waals surface area (Å²) in [5, 5.41) is 16.0. The maximum Gasteiger partial charge on any atom is 0.270 e. The van der Waals surface area contributed by atoms with E-state index in [-0.39, 0.29) is 23.7 Å². The Morgan fingerprint density at radius 3 is 2.52 bits per heavy atom. The number of carbonyl (C=O) groups excluding carboxylic acids is 2. The van der Waals surface area contributed by atoms with Crippen molar-refractivity contribution in [3.05, 3.63) is 58.4 Å². The van der Waals surface area contributed by atoms with Crippen LogP contribution in [-0.2, 0) is 4.79 Å². The number of amides is 2. The Bertz CT molecular complexity index is 901. The minimum atomic E-state index is -0.571. The molecule has 1 fully saturated rings. The van der Waals surface area contributed by atoms with Crippen LogP contribution in [0.25, 0.3) is 0 Å². The lowest BCUT2D eigenvalue weighted by Crippen LogP contribution is -2.47. The predicted molar refractivity (Wildman–Crippen MR) is 114 cm³/mol. The number of non-ortho nitro benzene ring substituents is 1. The van der Waals surface area contributed by atoms with Crippen LogP contribution in [0.4, 0.5) is 11.6 Å². The second-order valence-electron chi connectivity index (χ2n) is 7.07. The highest BCUT2D eigenvalue weighted by molar-refractivity contribution is 5.96. The van der Waals surface area contributed by atoms with Crippen LogP contribution in [0, 0.1) is 10.1 Å². The summed E-state index contributed by atoms with van der Waals surface area (Å²) in [5.41, 5.74) is -0.0312. The molecule has 2 amide bonds. The Morgan fingerprint density at radius 2 is 1.81 bits per heavy atom. The van der Waals surface area contributed by atoms with Gasteiger partial charge in [0.1, 0.15) is 0 Å². The van der Waals surface area contributed by atoms with Crippen LogP contribution in [0.3, 0.4) is 0 Å². The van der Waals surface area contributed by atoms with Gasteiger partial charge in [0.2, 0.25) is 11.9 Å². The quantitative estimate of drug-likeness (QED) is 0.335. The third kappa shape index (κ3) is 6.71. The Kier molecular flexibility index (Phi) is 7.82. The first kappa shape index (κ1) is 22.1. The van der Waals surface area contributed by atoms with E-state index in [0.29, 0.717) is 6.54 Å². The van der Waals surface area contributed by atoms with Crippen molar-refractivity contribution in [2.24, 2.45) is 0 Å². The van der Waals surface area contributed by atoms with Crippen LogP contribution in [0.1, 0.15) is 16.8 Å². The molecular formula is C20H25N7O4. The molecule has 1 aromatic carbocycles. The second kappa shape index (κ2) is 11.0. The third-order valence-electron chi connectivity index (χ3n) is 4.91. The molecule has 2 N–H and O–H groups in total. The standard InChI is InChI=1S/C20H25N7O4/c28-18(15-24-19(29)16-4-1-5-17(14-16)27(30)31)21-8-3-9-25-10-12-26(13-11-25)20-22-6-2-7-23-20/h1-2,4-7,14H,3,8-13,15H2,(H,21,28)(H,24,29). The fourth-order valence-electron chi connectivity index (χ4n) is 3.24. The summed E-state index contributed by atoms with van der Waals surface area (Å²) in [7, 11) is 0. The largest absolute Gasteiger partial charge is 0.355 e. The number of hydrogen-bond acceptors (Lipinski definition) is 8. The van der Waals surface area contributed by atoms with Gasteiger partial charge in [-0.1, -0.05) is 6.07 Å². The van der Waals surface area contributed by atoms with Crippen LogP contribution < -0.4 is 15.5 Å². The molecule has 2 heterocycles. The number of piperazine rings is 1. The van der Waals surface area contributed by atoms with Crippen molar-refractivity contribution in [1.82, 2.24) is 25.5 Å². The van der Waals surface area contributed by atoms with Crippen molar-refractivity contribution in [2.75, 3.05) is 50.7 Å². The number of nitro groups is 1. The zero-order valence-electron chi connectivity index (χ0n) is 17.1. The van der Waals surface area contributed by atoms with Crippen molar-refractivity contribution in [3.8, 4) is 0 Å². The highest BCUT2D eigenvalue weighted by Gasteiger charge is 2.18. The molecule has 164 valence electrons. The molecule has 0 spiro atoms. The number of nitrogens with zero attached hydrogens (tertiary/aromatic N) is 5. The summed E-state index contributed by atoms with van der Waals surface area (Å²) in [6, 6.07) is 7.17. The number of aromatic nitrogens is 2. The summed E-state index contributed by atoms with van der Waals surface area (Å²) in [6.45, 7) is 4.73. The molecule has 0 radical (unpaired) electrons. The summed E-state index contributed by atoms with van der Waals surface area (Å²) in [5.74, 6) is -0.0782. The molecule has 1 saturated heterocycles. The van der Waals surface area contributed by atoms with Gasteiger partial charge in [0, 0.05) is 62.8 Å². The van der Waals surface area contributed by atoms with Crippen molar-refractivity contribution >= 4 is 23.5 Å². The molecule has 3 rings (SSSR count). The lowest BCUT2D eigenvalue weighted by atomic mass is 10.2. The molecule has 11 nitrogen and oxygen atoms in total. The summed E-state index contributed by atoms with van der Waals surface area (Å²) < 4.78 is 0. The second-order valence-corrected chi connectivity index (χ2v) is 7.07. The van der Waals surface area contributed by atoms with Crippen LogP contribution in [-0.4, -0.2) is 77.4 Å². The fraction of sp³-hybridized carbons (Fsp3) is 0.400. The average Bonchev–Trinajstić information content (AvgIpc) is 2.81. The zero-order valence-corrected chi connectivity index (χ0v) is 17.1. The summed E-state index contributed by atoms with van der Waals surface area (Å²) in [4.78, 5) is 47.2. The smallest absolute Gasteiger partial charge is 0.270 e. The van der Waals surface area contributed by atoms with E-state index < -0.39 is 10.8 Å². The topological polar surface area (TPSA) is 134 Å². The van der Waals surface area contributed by atoms with Crippen LogP contribution in [0.15, 0.2) is 42.7 Å². The van der Waals surface area contributed by atoms with E-state index in [9.17, 15) is 19.7 Å². The van der Waals surface area contributed by atoms with E-state index >= 15 is 0 Å². The summed E-state index contributed by atoms with van der Waals surface area (Å²) in [6.07, 6.45) is 4.28. The van der Waals surface area contributed by atoms with Gasteiger partial charge in [-0.3, -0.25) is 24.6 Å². The zero-order chi connectivity index (χ0) is 22.1. The third-order valence-corrected chi connectivity index (χ3v) is 4.91. The lowest BCUT2D eigenvalue weighted by Gasteiger charge is -2.34. The molecule has 31 heavy (non-hydrogen) atoms. The highest BCUT2D eigenvalue weighted by Crippen LogP contribution is 2.13. The minimum absolute atomic E-state index is 0.141. The molecule has 0 saturated carbocycles. The number of hydrogen-bond donors (Lipinski definition) is 2. The van der Waals surface area contributed by atoms with Gasteiger partial charge in [0.05, 0.1) is 11.5 Å². The van der Waals surface area contributed by atoms with E-state index in [2.05, 4.69) is 30.4 Å². The van der Waals surface area contributed by atoms with Gasteiger partial charge < -0.3 is 15.5 Å². The number of rotatable bonds is 9. The first-order valence-electron chi connectivity index (χ1n) is 10.1. The molecule has 0 aliphatic carbocycles. The molecule has 1 aromatic heterocycles. The molecule has 11 heteroatoms. The van der Waals surface area contributed by atoms with E-state index in [1.807, 2.05) is 0 Å². The van der Waals surface area contributed by atoms with Crippen LogP contribution >= 0.6 is 0 Å². The van der Waals surface area contributed by atoms with Gasteiger partial charge in [-0.05, 0) is 25.1 Å². The van der Waals surface area contributed by atoms with Gasteiger partial charge in [0.15, 0.2) is 0 Å². The SMILES string of the molecule is O=C(CNC(=O)c1cccc([N+](=O)[O-])c1)NCCCN1CCN(c2ncccn2)CC1. The van der Waals surface area contributed by atoms with Crippen molar-refractivity contribution < 1.29 is 14.5 Å². The van der Waals surface area contributed by atoms with Crippen molar-refractivity contribution in [2.45, 2.75) is 6.42 Å². The van der Waals surface area contributed by atoms with Crippen molar-refractivity contribution in [1.29, 1.82) is 0 Å². The Morgan fingerprint density at radius 1 is 1.06 bits per heavy atom. The number of anilines is 1. The average molecular weight is 427 g/mol. The first-order chi connectivity index (χ1) is 15.0. The Balaban J connectivity index is 1.29. The number of carbonyl (C=O) groups is 2. The molecule has 2 aromatic rings. The molecule has 1 aliphatic rings. The number of benzene rings is 1. The lowest BCUT2D eigenvalue weighted by molar-refractivity contribution is -0.384. The molecule has 0 atom stereocenters. The van der Waals surface area contributed by atoms with Gasteiger partial charge in [-0.2, -0.15) is 0 Å². The normalized spacial score (nSPS) is 14.1. The maximum absolute atomic E-state index is 12.1. The monoisotopic (exact) mass is 427 g/mol. The van der Waals surface area contributed by atoms with E-state index in [1.54, 1.807) is 18.5 Å². The minimum Gasteiger partial charge on any atom is -0.355 e. The van der Waals surface area contributed by atoms with Gasteiger partial charge in [0.25, 0.3) is 11.6 Å². The van der Waals surface area contributed by atoms with Crippen LogP contribution in [0.2, 0.25) is 0 Å². The highest BCUT2D eigenvalue weighted by atomic mass is 16.6.